The first-order valence-electron chi connectivity index (χ1n) is 5.60. The van der Waals surface area contributed by atoms with E-state index in [4.69, 9.17) is 16.7 Å². The number of benzene rings is 1. The van der Waals surface area contributed by atoms with Crippen molar-refractivity contribution in [1.82, 2.24) is 4.98 Å². The number of carboxylic acid groups (broad SMARTS) is 1. The predicted molar refractivity (Wildman–Crippen MR) is 70.9 cm³/mol. The van der Waals surface area contributed by atoms with Gasteiger partial charge in [-0.2, -0.15) is 13.2 Å². The average Bonchev–Trinajstić information content (AvgIpc) is 2.40. The quantitative estimate of drug-likeness (QED) is 0.891. The lowest BCUT2D eigenvalue weighted by molar-refractivity contribution is -0.137. The van der Waals surface area contributed by atoms with Gasteiger partial charge in [0.25, 0.3) is 0 Å². The van der Waals surface area contributed by atoms with Crippen molar-refractivity contribution >= 4 is 29.1 Å². The number of aromatic nitrogens is 1. The number of aromatic carboxylic acids is 1. The molecular formula is C13H8ClF3N2O2. The smallest absolute Gasteiger partial charge is 0.417 e. The largest absolute Gasteiger partial charge is 0.478 e. The zero-order valence-electron chi connectivity index (χ0n) is 10.3. The van der Waals surface area contributed by atoms with Gasteiger partial charge in [0.2, 0.25) is 0 Å². The van der Waals surface area contributed by atoms with Crippen LogP contribution in [0.3, 0.4) is 0 Å². The number of nitrogens with zero attached hydrogens (tertiary/aromatic N) is 1. The first kappa shape index (κ1) is 15.1. The van der Waals surface area contributed by atoms with Crippen LogP contribution in [0.2, 0.25) is 5.02 Å². The van der Waals surface area contributed by atoms with E-state index in [1.54, 1.807) is 0 Å². The van der Waals surface area contributed by atoms with Crippen LogP contribution in [0.25, 0.3) is 0 Å². The standard InChI is InChI=1S/C13H8ClF3N2O2/c14-9-5-7(12(20)21)1-3-10(9)19-11-4-2-8(6-18-11)13(15,16)17/h1-6H,(H,18,19)(H,20,21). The summed E-state index contributed by atoms with van der Waals surface area (Å²) in [5.74, 6) is -0.968. The molecule has 0 unspecified atom stereocenters. The van der Waals surface area contributed by atoms with Crippen molar-refractivity contribution in [1.29, 1.82) is 0 Å². The van der Waals surface area contributed by atoms with E-state index in [0.29, 0.717) is 11.9 Å². The first-order chi connectivity index (χ1) is 9.77. The second-order valence-electron chi connectivity index (χ2n) is 4.05. The number of halogens is 4. The Morgan fingerprint density at radius 1 is 1.24 bits per heavy atom. The Morgan fingerprint density at radius 3 is 2.43 bits per heavy atom. The molecule has 21 heavy (non-hydrogen) atoms. The lowest BCUT2D eigenvalue weighted by Gasteiger charge is -2.10. The maximum Gasteiger partial charge on any atom is 0.417 e. The number of anilines is 2. The predicted octanol–water partition coefficient (Wildman–Crippen LogP) is 4.20. The third-order valence-corrected chi connectivity index (χ3v) is 2.88. The number of carboxylic acids is 1. The van der Waals surface area contributed by atoms with E-state index in [-0.39, 0.29) is 16.4 Å². The van der Waals surface area contributed by atoms with Gasteiger partial charge < -0.3 is 10.4 Å². The SMILES string of the molecule is O=C(O)c1ccc(Nc2ccc(C(F)(F)F)cn2)c(Cl)c1. The van der Waals surface area contributed by atoms with Crippen LogP contribution in [0.5, 0.6) is 0 Å². The number of nitrogens with one attached hydrogen (secondary N) is 1. The van der Waals surface area contributed by atoms with Crippen molar-refractivity contribution in [2.75, 3.05) is 5.32 Å². The summed E-state index contributed by atoms with van der Waals surface area (Å²) in [6.07, 6.45) is -3.76. The third-order valence-electron chi connectivity index (χ3n) is 2.57. The maximum atomic E-state index is 12.4. The third kappa shape index (κ3) is 3.63. The Balaban J connectivity index is 2.20. The summed E-state index contributed by atoms with van der Waals surface area (Å²) < 4.78 is 37.2. The number of pyridine rings is 1. The van der Waals surface area contributed by atoms with Gasteiger partial charge in [-0.3, -0.25) is 0 Å². The molecule has 0 saturated heterocycles. The zero-order chi connectivity index (χ0) is 15.6. The van der Waals surface area contributed by atoms with Gasteiger partial charge in [-0.25, -0.2) is 9.78 Å². The van der Waals surface area contributed by atoms with Gasteiger partial charge in [0.15, 0.2) is 0 Å². The minimum absolute atomic E-state index is 0.00549. The molecule has 1 aromatic carbocycles. The summed E-state index contributed by atoms with van der Waals surface area (Å²) >= 11 is 5.89. The molecule has 0 atom stereocenters. The van der Waals surface area contributed by atoms with Gasteiger partial charge in [-0.15, -0.1) is 0 Å². The molecule has 0 radical (unpaired) electrons. The molecule has 0 fully saturated rings. The van der Waals surface area contributed by atoms with E-state index < -0.39 is 17.7 Å². The van der Waals surface area contributed by atoms with Crippen LogP contribution in [0.1, 0.15) is 15.9 Å². The van der Waals surface area contributed by atoms with Gasteiger partial charge in [0.05, 0.1) is 21.8 Å². The van der Waals surface area contributed by atoms with E-state index in [0.717, 1.165) is 12.1 Å². The number of hydrogen-bond donors (Lipinski definition) is 2. The lowest BCUT2D eigenvalue weighted by atomic mass is 10.2. The minimum Gasteiger partial charge on any atom is -0.478 e. The fourth-order valence-corrected chi connectivity index (χ4v) is 1.75. The Bertz CT molecular complexity index is 672. The second-order valence-corrected chi connectivity index (χ2v) is 4.46. The molecule has 0 aliphatic carbocycles. The summed E-state index contributed by atoms with van der Waals surface area (Å²) in [5, 5.41) is 11.6. The van der Waals surface area contributed by atoms with E-state index >= 15 is 0 Å². The molecule has 2 N–H and O–H groups in total. The molecule has 8 heteroatoms. The summed E-state index contributed by atoms with van der Waals surface area (Å²) in [4.78, 5) is 14.4. The van der Waals surface area contributed by atoms with Crippen molar-refractivity contribution < 1.29 is 23.1 Å². The Hall–Kier alpha value is -2.28. The highest BCUT2D eigenvalue weighted by molar-refractivity contribution is 6.33. The fourth-order valence-electron chi connectivity index (χ4n) is 1.52. The molecule has 2 aromatic rings. The van der Waals surface area contributed by atoms with Crippen molar-refractivity contribution in [3.63, 3.8) is 0 Å². The molecule has 2 rings (SSSR count). The van der Waals surface area contributed by atoms with Crippen LogP contribution in [-0.2, 0) is 6.18 Å². The molecule has 0 bridgehead atoms. The fraction of sp³-hybridized carbons (Fsp3) is 0.0769. The van der Waals surface area contributed by atoms with Crippen LogP contribution in [0, 0.1) is 0 Å². The minimum atomic E-state index is -4.45. The summed E-state index contributed by atoms with van der Waals surface area (Å²) in [5.41, 5.74) is -0.514. The van der Waals surface area contributed by atoms with Crippen LogP contribution >= 0.6 is 11.6 Å². The van der Waals surface area contributed by atoms with Crippen molar-refractivity contribution in [2.24, 2.45) is 0 Å². The first-order valence-corrected chi connectivity index (χ1v) is 5.98. The Morgan fingerprint density at radius 2 is 1.95 bits per heavy atom. The Kier molecular flexibility index (Phi) is 4.04. The van der Waals surface area contributed by atoms with Crippen LogP contribution in [0.4, 0.5) is 24.7 Å². The van der Waals surface area contributed by atoms with Gasteiger partial charge in [0, 0.05) is 6.20 Å². The van der Waals surface area contributed by atoms with E-state index in [2.05, 4.69) is 10.3 Å². The highest BCUT2D eigenvalue weighted by Crippen LogP contribution is 2.30. The lowest BCUT2D eigenvalue weighted by Crippen LogP contribution is -2.06. The molecular weight excluding hydrogens is 309 g/mol. The maximum absolute atomic E-state index is 12.4. The molecule has 1 aromatic heterocycles. The van der Waals surface area contributed by atoms with Crippen LogP contribution in [0.15, 0.2) is 36.5 Å². The summed E-state index contributed by atoms with van der Waals surface area (Å²) in [7, 11) is 0. The van der Waals surface area contributed by atoms with Crippen LogP contribution < -0.4 is 5.32 Å². The molecule has 1 heterocycles. The topological polar surface area (TPSA) is 62.2 Å². The molecule has 0 spiro atoms. The Labute approximate surface area is 122 Å². The van der Waals surface area contributed by atoms with Crippen molar-refractivity contribution in [3.05, 3.63) is 52.7 Å². The van der Waals surface area contributed by atoms with E-state index in [9.17, 15) is 18.0 Å². The van der Waals surface area contributed by atoms with E-state index in [1.807, 2.05) is 0 Å². The van der Waals surface area contributed by atoms with Crippen molar-refractivity contribution in [2.45, 2.75) is 6.18 Å². The highest BCUT2D eigenvalue weighted by Gasteiger charge is 2.30. The summed E-state index contributed by atoms with van der Waals surface area (Å²) in [6.45, 7) is 0. The molecule has 0 saturated carbocycles. The van der Waals surface area contributed by atoms with E-state index in [1.165, 1.54) is 18.2 Å². The van der Waals surface area contributed by atoms with Gasteiger partial charge in [-0.05, 0) is 30.3 Å². The van der Waals surface area contributed by atoms with Gasteiger partial charge >= 0.3 is 12.1 Å². The molecule has 0 aliphatic rings. The monoisotopic (exact) mass is 316 g/mol. The summed E-state index contributed by atoms with van der Waals surface area (Å²) in [6, 6.07) is 6.00. The zero-order valence-corrected chi connectivity index (χ0v) is 11.0. The normalized spacial score (nSPS) is 11.2. The highest BCUT2D eigenvalue weighted by atomic mass is 35.5. The number of carbonyl (C=O) groups is 1. The number of alkyl halides is 3. The van der Waals surface area contributed by atoms with Gasteiger partial charge in [-0.1, -0.05) is 11.6 Å². The molecule has 0 aliphatic heterocycles. The average molecular weight is 317 g/mol. The van der Waals surface area contributed by atoms with Crippen molar-refractivity contribution in [3.8, 4) is 0 Å². The molecule has 4 nitrogen and oxygen atoms in total. The number of hydrogen-bond acceptors (Lipinski definition) is 3. The molecule has 110 valence electrons. The van der Waals surface area contributed by atoms with Gasteiger partial charge in [0.1, 0.15) is 5.82 Å². The number of rotatable bonds is 3. The second kappa shape index (κ2) is 5.61. The van der Waals surface area contributed by atoms with Crippen LogP contribution in [-0.4, -0.2) is 16.1 Å². The molecule has 0 amide bonds.